The molecule has 9 heavy (non-hydrogen) atoms. The van der Waals surface area contributed by atoms with E-state index in [9.17, 15) is 0 Å². The average Bonchev–Trinajstić information content (AvgIpc) is 0.722. The van der Waals surface area contributed by atoms with Crippen LogP contribution in [-0.2, 0) is 10.4 Å². The summed E-state index contributed by atoms with van der Waals surface area (Å²) in [6, 6.07) is 0. The Morgan fingerprint density at radius 1 is 1.00 bits per heavy atom. The molecule has 0 radical (unpaired) electrons. The molecule has 0 saturated heterocycles. The maximum atomic E-state index is 8.52. The Morgan fingerprint density at radius 3 is 1.00 bits per heavy atom. The van der Waals surface area contributed by atoms with Crippen LogP contribution in [0.25, 0.3) is 0 Å². The molecule has 0 fully saturated rings. The standard InChI is InChI=1S/2Mg.2Na.H2O4S.4H/c;;;;1-5(2,3)4;;;;/h;;;;(H2,1,2,3,4);;;;/q2*+2;2*+1;;4*-1/p-2. The summed E-state index contributed by atoms with van der Waals surface area (Å²) >= 11 is 0. The van der Waals surface area contributed by atoms with Crippen molar-refractivity contribution in [3.63, 3.8) is 0 Å². The molecule has 0 aliphatic carbocycles. The van der Waals surface area contributed by atoms with Crippen molar-refractivity contribution < 1.29 is 82.3 Å². The van der Waals surface area contributed by atoms with E-state index >= 15 is 0 Å². The molecule has 0 aromatic heterocycles. The van der Waals surface area contributed by atoms with E-state index in [-0.39, 0.29) is 111 Å². The zero-order valence-corrected chi connectivity index (χ0v) is 13.1. The van der Waals surface area contributed by atoms with Crippen molar-refractivity contribution in [1.82, 2.24) is 0 Å². The van der Waals surface area contributed by atoms with Gasteiger partial charge in [-0.2, -0.15) is 0 Å². The fraction of sp³-hybridized carbons (Fsp3) is 0. The van der Waals surface area contributed by atoms with E-state index in [1.165, 1.54) is 0 Å². The molecular formula is H4Mg2Na2O4S. The summed E-state index contributed by atoms with van der Waals surface area (Å²) in [6.07, 6.45) is 0. The third kappa shape index (κ3) is 87.1. The van der Waals surface area contributed by atoms with Crippen molar-refractivity contribution in [2.45, 2.75) is 0 Å². The second kappa shape index (κ2) is 14.0. The van der Waals surface area contributed by atoms with Crippen molar-refractivity contribution in [2.75, 3.05) is 0 Å². The molecule has 40 valence electrons. The fourth-order valence-corrected chi connectivity index (χ4v) is 0. The van der Waals surface area contributed by atoms with Crippen LogP contribution >= 0.6 is 0 Å². The van der Waals surface area contributed by atoms with Gasteiger partial charge in [-0.25, -0.2) is 0 Å². The molecule has 0 saturated carbocycles. The van der Waals surface area contributed by atoms with E-state index in [0.717, 1.165) is 0 Å². The molecule has 0 bridgehead atoms. The summed E-state index contributed by atoms with van der Waals surface area (Å²) < 4.78 is 34.1. The van der Waals surface area contributed by atoms with Gasteiger partial charge in [0.15, 0.2) is 0 Å². The van der Waals surface area contributed by atoms with Gasteiger partial charge in [0, 0.05) is 10.4 Å². The van der Waals surface area contributed by atoms with Gasteiger partial charge in [0.2, 0.25) is 0 Å². The maximum Gasteiger partial charge on any atom is 2.00 e. The predicted octanol–water partition coefficient (Wildman–Crippen LogP) is -7.64. The molecule has 9 heteroatoms. The Balaban J connectivity index is -0.00000000286. The van der Waals surface area contributed by atoms with E-state index in [1.54, 1.807) is 0 Å². The van der Waals surface area contributed by atoms with Crippen LogP contribution in [0.4, 0.5) is 0 Å². The largest absolute Gasteiger partial charge is 2.00 e. The normalized spacial score (nSPS) is 6.44. The topological polar surface area (TPSA) is 80.3 Å². The van der Waals surface area contributed by atoms with E-state index in [4.69, 9.17) is 17.5 Å². The predicted molar refractivity (Wildman–Crippen MR) is 26.4 cm³/mol. The molecule has 0 atom stereocenters. The zero-order valence-electron chi connectivity index (χ0n) is 9.46. The van der Waals surface area contributed by atoms with Crippen LogP contribution in [0.15, 0.2) is 0 Å². The van der Waals surface area contributed by atoms with Crippen LogP contribution in [0.2, 0.25) is 0 Å². The Labute approximate surface area is 136 Å². The first-order valence-electron chi connectivity index (χ1n) is 0.667. The van der Waals surface area contributed by atoms with Gasteiger partial charge in [0.25, 0.3) is 0 Å². The summed E-state index contributed by atoms with van der Waals surface area (Å²) in [4.78, 5) is 0. The molecule has 0 aliphatic rings. The van der Waals surface area contributed by atoms with E-state index in [1.807, 2.05) is 0 Å². The molecule has 4 nitrogen and oxygen atoms in total. The Bertz CT molecular complexity index is 111. The van der Waals surface area contributed by atoms with Crippen LogP contribution in [0, 0.1) is 0 Å². The second-order valence-corrected chi connectivity index (χ2v) is 1.22. The second-order valence-electron chi connectivity index (χ2n) is 0.408. The van der Waals surface area contributed by atoms with Gasteiger partial charge in [-0.15, -0.1) is 0 Å². The number of rotatable bonds is 0. The quantitative estimate of drug-likeness (QED) is 0.218. The van der Waals surface area contributed by atoms with Crippen molar-refractivity contribution in [2.24, 2.45) is 0 Å². The van der Waals surface area contributed by atoms with Crippen molar-refractivity contribution in [3.05, 3.63) is 0 Å². The van der Waals surface area contributed by atoms with E-state index < -0.39 is 10.4 Å². The smallest absolute Gasteiger partial charge is 1.00 e. The zero-order chi connectivity index (χ0) is 4.50. The van der Waals surface area contributed by atoms with E-state index in [0.29, 0.717) is 0 Å². The Hall–Kier alpha value is 3.40. The molecule has 0 aromatic rings. The third-order valence-corrected chi connectivity index (χ3v) is 0. The number of hydrogen-bond acceptors (Lipinski definition) is 4. The van der Waals surface area contributed by atoms with Gasteiger partial charge in [-0.3, -0.25) is 8.42 Å². The molecule has 0 aliphatic heterocycles. The summed E-state index contributed by atoms with van der Waals surface area (Å²) in [5, 5.41) is 0. The summed E-state index contributed by atoms with van der Waals surface area (Å²) in [7, 11) is -5.17. The minimum atomic E-state index is -5.17. The SMILES string of the molecule is O=S(=O)([O-])[O-].[H-].[H-].[H-].[H-].[Mg+2].[Mg+2].[Na+].[Na+]. The minimum Gasteiger partial charge on any atom is -1.00 e. The van der Waals surface area contributed by atoms with Crippen molar-refractivity contribution >= 4 is 56.5 Å². The van der Waals surface area contributed by atoms with E-state index in [2.05, 4.69) is 0 Å². The van der Waals surface area contributed by atoms with Crippen LogP contribution in [0.5, 0.6) is 0 Å². The average molecular weight is 195 g/mol. The fourth-order valence-electron chi connectivity index (χ4n) is 0. The van der Waals surface area contributed by atoms with Crippen LogP contribution in [0.1, 0.15) is 5.71 Å². The van der Waals surface area contributed by atoms with Crippen molar-refractivity contribution in [1.29, 1.82) is 0 Å². The Morgan fingerprint density at radius 2 is 1.00 bits per heavy atom. The molecule has 0 rings (SSSR count). The molecule has 0 spiro atoms. The monoisotopic (exact) mass is 194 g/mol. The van der Waals surface area contributed by atoms with Crippen LogP contribution in [-0.4, -0.2) is 63.6 Å². The minimum absolute atomic E-state index is 0. The van der Waals surface area contributed by atoms with Gasteiger partial charge >= 0.3 is 105 Å². The molecule has 0 unspecified atom stereocenters. The van der Waals surface area contributed by atoms with Crippen LogP contribution < -0.4 is 59.1 Å². The van der Waals surface area contributed by atoms with Gasteiger partial charge in [-0.05, 0) is 0 Å². The first-order valence-corrected chi connectivity index (χ1v) is 2.00. The first-order chi connectivity index (χ1) is 2.00. The van der Waals surface area contributed by atoms with Gasteiger partial charge in [-0.1, -0.05) is 0 Å². The molecule has 0 N–H and O–H groups in total. The Kier molecular flexibility index (Phi) is 45.6. The summed E-state index contributed by atoms with van der Waals surface area (Å²) in [5.74, 6) is 0. The summed E-state index contributed by atoms with van der Waals surface area (Å²) in [5.41, 5.74) is 0. The van der Waals surface area contributed by atoms with Crippen molar-refractivity contribution in [3.8, 4) is 0 Å². The van der Waals surface area contributed by atoms with Crippen LogP contribution in [0.3, 0.4) is 0 Å². The summed E-state index contributed by atoms with van der Waals surface area (Å²) in [6.45, 7) is 0. The first kappa shape index (κ1) is 29.4. The van der Waals surface area contributed by atoms with Gasteiger partial charge in [0.1, 0.15) is 0 Å². The molecule has 0 aromatic carbocycles. The van der Waals surface area contributed by atoms with Gasteiger partial charge < -0.3 is 14.8 Å². The maximum absolute atomic E-state index is 8.52. The molecule has 0 heterocycles. The molecule has 0 amide bonds. The van der Waals surface area contributed by atoms with Gasteiger partial charge in [0.05, 0.1) is 0 Å². The molecular weight excluding hydrogens is 191 g/mol. The third-order valence-electron chi connectivity index (χ3n) is 0. The number of hydrogen-bond donors (Lipinski definition) is 0.